The molecule has 0 radical (unpaired) electrons. The quantitative estimate of drug-likeness (QED) is 0.196. The van der Waals surface area contributed by atoms with Crippen LogP contribution in [0.2, 0.25) is 0 Å². The first-order chi connectivity index (χ1) is 21.9. The number of phenolic OH excluding ortho intramolecular Hbond substituents is 2. The Morgan fingerprint density at radius 2 is 1.91 bits per heavy atom. The van der Waals surface area contributed by atoms with E-state index in [1.165, 1.54) is 25.3 Å². The summed E-state index contributed by atoms with van der Waals surface area (Å²) in [6.07, 6.45) is -6.76. The average Bonchev–Trinajstić information content (AvgIpc) is 3.05. The molecular weight excluding hydrogens is 604 g/mol. The number of hydrogen-bond donors (Lipinski definition) is 6. The Bertz CT molecular complexity index is 1610. The third-order valence-electron chi connectivity index (χ3n) is 9.64. The molecule has 7 unspecified atom stereocenters. The molecule has 2 aromatic rings. The van der Waals surface area contributed by atoms with Crippen LogP contribution in [0.15, 0.2) is 18.2 Å². The van der Waals surface area contributed by atoms with Crippen molar-refractivity contribution in [3.05, 3.63) is 51.6 Å². The number of carbonyl (C=O) groups is 2. The number of ketones is 2. The second kappa shape index (κ2) is 12.2. The number of fused-ring (bicyclic) bond motifs is 3. The Hall–Kier alpha value is -3.65. The van der Waals surface area contributed by atoms with Crippen LogP contribution < -0.4 is 4.74 Å². The Morgan fingerprint density at radius 1 is 1.17 bits per heavy atom. The van der Waals surface area contributed by atoms with Crippen LogP contribution >= 0.6 is 0 Å². The number of rotatable bonds is 6. The van der Waals surface area contributed by atoms with Gasteiger partial charge in [-0.15, -0.1) is 0 Å². The molecule has 2 aromatic carbocycles. The molecular formula is C32H36N2O12. The second-order valence-electron chi connectivity index (χ2n) is 12.2. The minimum absolute atomic E-state index is 0.0475. The highest BCUT2D eigenvalue weighted by molar-refractivity contribution is 6.31. The molecule has 14 heteroatoms. The maximum Gasteiger partial charge on any atom is 0.202 e. The van der Waals surface area contributed by atoms with Gasteiger partial charge in [0.1, 0.15) is 29.4 Å². The van der Waals surface area contributed by atoms with E-state index in [1.54, 1.807) is 6.92 Å². The summed E-state index contributed by atoms with van der Waals surface area (Å²) >= 11 is 0. The molecule has 0 aromatic heterocycles. The summed E-state index contributed by atoms with van der Waals surface area (Å²) in [5.41, 5.74) is -3.40. The lowest BCUT2D eigenvalue weighted by molar-refractivity contribution is -0.265. The Kier molecular flexibility index (Phi) is 8.55. The minimum atomic E-state index is -2.09. The van der Waals surface area contributed by atoms with Gasteiger partial charge in [-0.1, -0.05) is 12.1 Å². The molecule has 0 amide bonds. The van der Waals surface area contributed by atoms with Crippen molar-refractivity contribution in [2.24, 2.45) is 0 Å². The number of aliphatic hydroxyl groups is 4. The van der Waals surface area contributed by atoms with Gasteiger partial charge in [-0.3, -0.25) is 14.5 Å². The number of carbonyl (C=O) groups excluding carboxylic acids is 2. The number of benzene rings is 2. The molecule has 46 heavy (non-hydrogen) atoms. The van der Waals surface area contributed by atoms with Crippen molar-refractivity contribution in [3.8, 4) is 23.3 Å². The highest BCUT2D eigenvalue weighted by atomic mass is 16.7. The van der Waals surface area contributed by atoms with Crippen LogP contribution in [0.4, 0.5) is 0 Å². The van der Waals surface area contributed by atoms with E-state index in [9.17, 15) is 45.5 Å². The van der Waals surface area contributed by atoms with E-state index in [2.05, 4.69) is 6.07 Å². The molecule has 6 N–H and O–H groups in total. The van der Waals surface area contributed by atoms with Gasteiger partial charge in [0.05, 0.1) is 73.6 Å². The Balaban J connectivity index is 1.44. The number of aliphatic hydroxyl groups excluding tert-OH is 3. The molecule has 8 atom stereocenters. The third kappa shape index (κ3) is 5.04. The monoisotopic (exact) mass is 640 g/mol. The molecule has 246 valence electrons. The van der Waals surface area contributed by atoms with E-state index in [-0.39, 0.29) is 41.0 Å². The summed E-state index contributed by atoms with van der Waals surface area (Å²) in [5.74, 6) is -2.76. The summed E-state index contributed by atoms with van der Waals surface area (Å²) < 4.78 is 23.1. The van der Waals surface area contributed by atoms with Crippen LogP contribution in [0.1, 0.15) is 68.8 Å². The van der Waals surface area contributed by atoms with Gasteiger partial charge >= 0.3 is 0 Å². The normalized spacial score (nSPS) is 31.8. The van der Waals surface area contributed by atoms with Crippen LogP contribution in [0.3, 0.4) is 0 Å². The Labute approximate surface area is 263 Å². The first-order valence-corrected chi connectivity index (χ1v) is 15.1. The zero-order chi connectivity index (χ0) is 33.1. The van der Waals surface area contributed by atoms with Gasteiger partial charge in [0.15, 0.2) is 12.1 Å². The summed E-state index contributed by atoms with van der Waals surface area (Å²) in [4.78, 5) is 29.4. The minimum Gasteiger partial charge on any atom is -0.507 e. The van der Waals surface area contributed by atoms with Crippen LogP contribution in [0.25, 0.3) is 0 Å². The molecule has 0 spiro atoms. The maximum atomic E-state index is 13.9. The van der Waals surface area contributed by atoms with Crippen molar-refractivity contribution in [2.45, 2.75) is 74.6 Å². The van der Waals surface area contributed by atoms with E-state index in [0.717, 1.165) is 0 Å². The number of phenols is 2. The van der Waals surface area contributed by atoms with Gasteiger partial charge in [-0.05, 0) is 13.0 Å². The molecule has 2 aliphatic heterocycles. The van der Waals surface area contributed by atoms with Gasteiger partial charge in [0, 0.05) is 48.5 Å². The van der Waals surface area contributed by atoms with Crippen molar-refractivity contribution in [3.63, 3.8) is 0 Å². The average molecular weight is 641 g/mol. The van der Waals surface area contributed by atoms with Gasteiger partial charge in [-0.25, -0.2) is 0 Å². The summed E-state index contributed by atoms with van der Waals surface area (Å²) in [6.45, 7) is 1.66. The summed E-state index contributed by atoms with van der Waals surface area (Å²) in [7, 11) is 1.33. The zero-order valence-electron chi connectivity index (χ0n) is 25.3. The van der Waals surface area contributed by atoms with Gasteiger partial charge < -0.3 is 49.6 Å². The molecule has 2 aliphatic carbocycles. The lowest BCUT2D eigenvalue weighted by Gasteiger charge is -2.47. The largest absolute Gasteiger partial charge is 0.507 e. The Morgan fingerprint density at radius 3 is 2.61 bits per heavy atom. The number of nitriles is 1. The van der Waals surface area contributed by atoms with E-state index in [1.807, 2.05) is 4.90 Å². The fourth-order valence-electron chi connectivity index (χ4n) is 7.24. The SMILES string of the molecule is COc1cccc2c1C(=O)c1c(O)c3c(c(O)c1C2=O)C[C@@](O)(C(O)CO)CC3OC1CC(N2CCOCC2C#N)C(O)C(C)O1. The molecule has 2 saturated heterocycles. The van der Waals surface area contributed by atoms with Crippen molar-refractivity contribution in [2.75, 3.05) is 33.5 Å². The summed E-state index contributed by atoms with van der Waals surface area (Å²) in [5, 5.41) is 76.1. The smallest absolute Gasteiger partial charge is 0.202 e. The second-order valence-corrected chi connectivity index (χ2v) is 12.2. The first kappa shape index (κ1) is 32.3. The number of morpholine rings is 1. The zero-order valence-corrected chi connectivity index (χ0v) is 25.3. The molecule has 0 saturated carbocycles. The predicted molar refractivity (Wildman–Crippen MR) is 155 cm³/mol. The van der Waals surface area contributed by atoms with Crippen molar-refractivity contribution < 1.29 is 59.2 Å². The van der Waals surface area contributed by atoms with E-state index in [0.29, 0.717) is 13.2 Å². The van der Waals surface area contributed by atoms with Gasteiger partial charge in [0.2, 0.25) is 5.78 Å². The van der Waals surface area contributed by atoms with Crippen molar-refractivity contribution in [1.82, 2.24) is 4.90 Å². The predicted octanol–water partition coefficient (Wildman–Crippen LogP) is 0.0588. The lowest BCUT2D eigenvalue weighted by atomic mass is 9.71. The fraction of sp³-hybridized carbons (Fsp3) is 0.531. The number of hydrogen-bond acceptors (Lipinski definition) is 14. The van der Waals surface area contributed by atoms with E-state index < -0.39 is 102 Å². The highest BCUT2D eigenvalue weighted by Crippen LogP contribution is 2.53. The van der Waals surface area contributed by atoms with Crippen LogP contribution in [0, 0.1) is 11.3 Å². The molecule has 2 fully saturated rings. The third-order valence-corrected chi connectivity index (χ3v) is 9.64. The standard InChI is InChI=1S/C32H36N2O12/c1-14-27(37)18(34-6-7-44-13-15(34)11-33)8-22(45-14)46-20-10-32(42,21(36)12-35)9-17-24(20)31(41)26-25(29(17)39)28(38)16-4-3-5-19(43-2)23(16)30(26)40/h3-5,14-15,18,20-22,27,35-37,39,41-42H,6-10,12-13H2,1-2H3/t14?,15?,18?,20?,21?,22?,27?,32-/m0/s1. The molecule has 2 heterocycles. The van der Waals surface area contributed by atoms with Crippen LogP contribution in [-0.4, -0.2) is 123 Å². The molecule has 0 bridgehead atoms. The molecule has 6 rings (SSSR count). The number of ether oxygens (including phenoxy) is 4. The van der Waals surface area contributed by atoms with Crippen molar-refractivity contribution in [1.29, 1.82) is 5.26 Å². The van der Waals surface area contributed by atoms with Crippen LogP contribution in [0.5, 0.6) is 17.2 Å². The van der Waals surface area contributed by atoms with Gasteiger partial charge in [0.25, 0.3) is 0 Å². The number of nitrogens with zero attached hydrogens (tertiary/aromatic N) is 2. The maximum absolute atomic E-state index is 13.9. The van der Waals surface area contributed by atoms with Gasteiger partial charge in [-0.2, -0.15) is 5.26 Å². The molecule has 4 aliphatic rings. The topological polar surface area (TPSA) is 219 Å². The first-order valence-electron chi connectivity index (χ1n) is 15.1. The number of methoxy groups -OCH3 is 1. The van der Waals surface area contributed by atoms with Crippen LogP contribution in [-0.2, 0) is 20.6 Å². The van der Waals surface area contributed by atoms with E-state index in [4.69, 9.17) is 18.9 Å². The fourth-order valence-corrected chi connectivity index (χ4v) is 7.24. The summed E-state index contributed by atoms with van der Waals surface area (Å²) in [6, 6.07) is 5.35. The molecule has 14 nitrogen and oxygen atoms in total. The number of aromatic hydroxyl groups is 2. The van der Waals surface area contributed by atoms with E-state index >= 15 is 0 Å². The highest BCUT2D eigenvalue weighted by Gasteiger charge is 2.51. The van der Waals surface area contributed by atoms with Crippen molar-refractivity contribution >= 4 is 11.6 Å². The lowest BCUT2D eigenvalue weighted by Crippen LogP contribution is -2.60.